The van der Waals surface area contributed by atoms with Crippen molar-refractivity contribution < 1.29 is 13.0 Å². The first-order chi connectivity index (χ1) is 5.08. The van der Waals surface area contributed by atoms with E-state index < -0.39 is 15.9 Å². The summed E-state index contributed by atoms with van der Waals surface area (Å²) in [5, 5.41) is 6.89. The molecule has 60 valence electrons. The summed E-state index contributed by atoms with van der Waals surface area (Å²) in [6, 6.07) is 1.47. The van der Waals surface area contributed by atoms with E-state index in [0.29, 0.717) is 5.56 Å². The minimum atomic E-state index is -3.94. The molecule has 0 aliphatic rings. The van der Waals surface area contributed by atoms with Crippen LogP contribution < -0.4 is 0 Å². The summed E-state index contributed by atoms with van der Waals surface area (Å²) < 4.78 is 29.0. The largest absolute Gasteiger partial charge is 0.285 e. The van der Waals surface area contributed by atoms with Gasteiger partial charge in [-0.3, -0.25) is 4.55 Å². The molecule has 11 heavy (non-hydrogen) atoms. The Bertz CT molecular complexity index is 321. The van der Waals surface area contributed by atoms with Crippen LogP contribution in [0.5, 0.6) is 0 Å². The third-order valence-electron chi connectivity index (χ3n) is 0.995. The second-order valence-corrected chi connectivity index (χ2v) is 3.43. The molecule has 0 spiro atoms. The number of rotatable bonds is 2. The third kappa shape index (κ3) is 3.06. The van der Waals surface area contributed by atoms with Gasteiger partial charge in [0.1, 0.15) is 5.75 Å². The number of aromatic nitrogens is 2. The molecule has 1 N–H and O–H groups in total. The monoisotopic (exact) mass is 174 g/mol. The van der Waals surface area contributed by atoms with Crippen molar-refractivity contribution >= 4 is 10.1 Å². The molecule has 1 rings (SSSR count). The van der Waals surface area contributed by atoms with Crippen LogP contribution >= 0.6 is 0 Å². The van der Waals surface area contributed by atoms with Crippen LogP contribution in [0.3, 0.4) is 0 Å². The number of hydrogen-bond donors (Lipinski definition) is 1. The molecular weight excluding hydrogens is 168 g/mol. The first kappa shape index (κ1) is 8.09. The standard InChI is InChI=1S/C5H6N2O3S/c8-11(9,10)4-5-1-2-6-7-3-5/h1-3H,4H2,(H,8,9,10). The van der Waals surface area contributed by atoms with Gasteiger partial charge in [0.25, 0.3) is 10.1 Å². The van der Waals surface area contributed by atoms with E-state index >= 15 is 0 Å². The average Bonchev–Trinajstić information content (AvgIpc) is 1.85. The van der Waals surface area contributed by atoms with Crippen molar-refractivity contribution in [2.75, 3.05) is 0 Å². The molecule has 0 saturated carbocycles. The van der Waals surface area contributed by atoms with Crippen molar-refractivity contribution in [3.05, 3.63) is 24.0 Å². The predicted octanol–water partition coefficient (Wildman–Crippen LogP) is -0.136. The van der Waals surface area contributed by atoms with Crippen LogP contribution in [0.1, 0.15) is 5.56 Å². The molecule has 0 saturated heterocycles. The number of nitrogens with zero attached hydrogens (tertiary/aromatic N) is 2. The third-order valence-corrected chi connectivity index (χ3v) is 1.69. The Morgan fingerprint density at radius 3 is 2.64 bits per heavy atom. The minimum absolute atomic E-state index is 0.414. The maximum Gasteiger partial charge on any atom is 0.269 e. The molecule has 0 aliphatic carbocycles. The fourth-order valence-corrected chi connectivity index (χ4v) is 1.21. The first-order valence-corrected chi connectivity index (χ1v) is 4.39. The van der Waals surface area contributed by atoms with Crippen molar-refractivity contribution in [1.29, 1.82) is 0 Å². The Hall–Kier alpha value is -1.01. The molecule has 0 atom stereocenters. The Labute approximate surface area is 63.8 Å². The summed E-state index contributed by atoms with van der Waals surface area (Å²) in [5.74, 6) is -0.414. The molecule has 1 heterocycles. The van der Waals surface area contributed by atoms with Gasteiger partial charge in [-0.05, 0) is 11.6 Å². The highest BCUT2D eigenvalue weighted by molar-refractivity contribution is 7.85. The smallest absolute Gasteiger partial charge is 0.269 e. The molecule has 0 bridgehead atoms. The van der Waals surface area contributed by atoms with Gasteiger partial charge >= 0.3 is 0 Å². The first-order valence-electron chi connectivity index (χ1n) is 2.79. The van der Waals surface area contributed by atoms with E-state index in [1.807, 2.05) is 0 Å². The predicted molar refractivity (Wildman–Crippen MR) is 37.3 cm³/mol. The lowest BCUT2D eigenvalue weighted by Gasteiger charge is -1.93. The molecule has 0 aromatic carbocycles. The topological polar surface area (TPSA) is 80.2 Å². The summed E-state index contributed by atoms with van der Waals surface area (Å²) in [6.07, 6.45) is 2.65. The summed E-state index contributed by atoms with van der Waals surface area (Å²) in [5.41, 5.74) is 0.419. The molecule has 6 heteroatoms. The van der Waals surface area contributed by atoms with Crippen LogP contribution in [0.2, 0.25) is 0 Å². The molecule has 0 radical (unpaired) electrons. The zero-order valence-electron chi connectivity index (χ0n) is 5.51. The molecule has 5 nitrogen and oxygen atoms in total. The van der Waals surface area contributed by atoms with E-state index in [1.54, 1.807) is 0 Å². The fraction of sp³-hybridized carbons (Fsp3) is 0.200. The van der Waals surface area contributed by atoms with Crippen molar-refractivity contribution in [2.24, 2.45) is 0 Å². The SMILES string of the molecule is O=S(=O)(O)Cc1ccnnc1. The van der Waals surface area contributed by atoms with Gasteiger partial charge in [0.2, 0.25) is 0 Å². The van der Waals surface area contributed by atoms with Gasteiger partial charge in [-0.2, -0.15) is 18.6 Å². The van der Waals surface area contributed by atoms with Crippen LogP contribution in [-0.2, 0) is 15.9 Å². The van der Waals surface area contributed by atoms with Crippen LogP contribution in [0.25, 0.3) is 0 Å². The maximum absolute atomic E-state index is 10.3. The molecule has 1 aromatic rings. The summed E-state index contributed by atoms with van der Waals surface area (Å²) in [6.45, 7) is 0. The maximum atomic E-state index is 10.3. The lowest BCUT2D eigenvalue weighted by atomic mass is 10.4. The zero-order valence-corrected chi connectivity index (χ0v) is 6.32. The van der Waals surface area contributed by atoms with Gasteiger partial charge in [-0.1, -0.05) is 0 Å². The van der Waals surface area contributed by atoms with Crippen LogP contribution in [0.15, 0.2) is 18.5 Å². The Morgan fingerprint density at radius 1 is 1.45 bits per heavy atom. The molecule has 1 aromatic heterocycles. The number of hydrogen-bond acceptors (Lipinski definition) is 4. The lowest BCUT2D eigenvalue weighted by molar-refractivity contribution is 0.482. The molecule has 0 aliphatic heterocycles. The van der Waals surface area contributed by atoms with Gasteiger partial charge in [0.15, 0.2) is 0 Å². The van der Waals surface area contributed by atoms with E-state index in [1.165, 1.54) is 18.5 Å². The molecular formula is C5H6N2O3S. The highest BCUT2D eigenvalue weighted by atomic mass is 32.2. The summed E-state index contributed by atoms with van der Waals surface area (Å²) in [7, 11) is -3.94. The van der Waals surface area contributed by atoms with E-state index in [-0.39, 0.29) is 0 Å². The Morgan fingerprint density at radius 2 is 2.18 bits per heavy atom. The van der Waals surface area contributed by atoms with Gasteiger partial charge < -0.3 is 0 Å². The van der Waals surface area contributed by atoms with Crippen molar-refractivity contribution in [3.63, 3.8) is 0 Å². The van der Waals surface area contributed by atoms with Crippen molar-refractivity contribution in [1.82, 2.24) is 10.2 Å². The van der Waals surface area contributed by atoms with E-state index in [2.05, 4.69) is 10.2 Å². The Kier molecular flexibility index (Phi) is 2.16. The van der Waals surface area contributed by atoms with Gasteiger partial charge in [-0.15, -0.1) is 0 Å². The van der Waals surface area contributed by atoms with E-state index in [0.717, 1.165) is 0 Å². The Balaban J connectivity index is 2.82. The quantitative estimate of drug-likeness (QED) is 0.631. The zero-order chi connectivity index (χ0) is 8.32. The normalized spacial score (nSPS) is 11.4. The van der Waals surface area contributed by atoms with Crippen molar-refractivity contribution in [3.8, 4) is 0 Å². The minimum Gasteiger partial charge on any atom is -0.285 e. The second-order valence-electron chi connectivity index (χ2n) is 1.98. The average molecular weight is 174 g/mol. The lowest BCUT2D eigenvalue weighted by Crippen LogP contribution is -2.01. The van der Waals surface area contributed by atoms with Crippen LogP contribution in [0.4, 0.5) is 0 Å². The molecule has 0 unspecified atom stereocenters. The van der Waals surface area contributed by atoms with Crippen LogP contribution in [0, 0.1) is 0 Å². The highest BCUT2D eigenvalue weighted by Crippen LogP contribution is 1.99. The van der Waals surface area contributed by atoms with Gasteiger partial charge in [-0.25, -0.2) is 0 Å². The summed E-state index contributed by atoms with van der Waals surface area (Å²) >= 11 is 0. The molecule has 0 amide bonds. The molecule has 0 fully saturated rings. The van der Waals surface area contributed by atoms with Gasteiger partial charge in [0.05, 0.1) is 6.20 Å². The van der Waals surface area contributed by atoms with Crippen molar-refractivity contribution in [2.45, 2.75) is 5.75 Å². The highest BCUT2D eigenvalue weighted by Gasteiger charge is 2.05. The van der Waals surface area contributed by atoms with Gasteiger partial charge in [0, 0.05) is 6.20 Å². The summed E-state index contributed by atoms with van der Waals surface area (Å²) in [4.78, 5) is 0. The fourth-order valence-electron chi connectivity index (χ4n) is 0.614. The van der Waals surface area contributed by atoms with Crippen LogP contribution in [-0.4, -0.2) is 23.2 Å². The van der Waals surface area contributed by atoms with E-state index in [4.69, 9.17) is 4.55 Å². The second kappa shape index (κ2) is 2.93. The van der Waals surface area contributed by atoms with E-state index in [9.17, 15) is 8.42 Å².